The van der Waals surface area contributed by atoms with Crippen molar-refractivity contribution in [3.8, 4) is 5.75 Å². The first kappa shape index (κ1) is 17.7. The van der Waals surface area contributed by atoms with Crippen LogP contribution in [-0.4, -0.2) is 43.7 Å². The van der Waals surface area contributed by atoms with Crippen LogP contribution in [0.3, 0.4) is 0 Å². The molecule has 8 nitrogen and oxygen atoms in total. The van der Waals surface area contributed by atoms with E-state index in [1.165, 1.54) is 24.3 Å². The number of anilines is 2. The van der Waals surface area contributed by atoms with Crippen molar-refractivity contribution in [3.05, 3.63) is 58.6 Å². The molecular weight excluding hydrogens is 338 g/mol. The summed E-state index contributed by atoms with van der Waals surface area (Å²) in [4.78, 5) is 24.5. The highest BCUT2D eigenvalue weighted by Gasteiger charge is 2.16. The minimum Gasteiger partial charge on any atom is -0.484 e. The summed E-state index contributed by atoms with van der Waals surface area (Å²) >= 11 is 0. The Morgan fingerprint density at radius 1 is 1.15 bits per heavy atom. The molecule has 2 aromatic carbocycles. The van der Waals surface area contributed by atoms with Crippen LogP contribution in [0.5, 0.6) is 5.75 Å². The number of carbonyl (C=O) groups excluding carboxylic acids is 1. The van der Waals surface area contributed by atoms with Crippen LogP contribution in [0.15, 0.2) is 48.5 Å². The summed E-state index contributed by atoms with van der Waals surface area (Å²) in [5, 5.41) is 13.5. The van der Waals surface area contributed by atoms with Crippen LogP contribution in [0.25, 0.3) is 0 Å². The molecule has 0 aromatic heterocycles. The lowest BCUT2D eigenvalue weighted by Crippen LogP contribution is -2.36. The molecule has 0 unspecified atom stereocenters. The number of nitro benzene ring substituents is 1. The van der Waals surface area contributed by atoms with E-state index in [2.05, 4.69) is 10.2 Å². The van der Waals surface area contributed by atoms with E-state index in [4.69, 9.17) is 9.47 Å². The molecule has 0 saturated carbocycles. The normalized spacial score (nSPS) is 13.9. The van der Waals surface area contributed by atoms with Gasteiger partial charge in [0.1, 0.15) is 5.75 Å². The highest BCUT2D eigenvalue weighted by atomic mass is 16.6. The van der Waals surface area contributed by atoms with Gasteiger partial charge in [-0.3, -0.25) is 14.9 Å². The Morgan fingerprint density at radius 3 is 2.54 bits per heavy atom. The number of para-hydroxylation sites is 2. The fraction of sp³-hybridized carbons (Fsp3) is 0.278. The van der Waals surface area contributed by atoms with Crippen LogP contribution < -0.4 is 15.0 Å². The number of nitrogens with zero attached hydrogens (tertiary/aromatic N) is 2. The second-order valence-electron chi connectivity index (χ2n) is 5.70. The van der Waals surface area contributed by atoms with E-state index in [9.17, 15) is 14.9 Å². The minimum absolute atomic E-state index is 0.0266. The molecule has 1 N–H and O–H groups in total. The quantitative estimate of drug-likeness (QED) is 0.630. The number of benzene rings is 2. The molecule has 0 radical (unpaired) electrons. The maximum Gasteiger partial charge on any atom is 0.269 e. The zero-order valence-electron chi connectivity index (χ0n) is 14.1. The highest BCUT2D eigenvalue weighted by Crippen LogP contribution is 2.26. The lowest BCUT2D eigenvalue weighted by atomic mass is 10.2. The average Bonchev–Trinajstić information content (AvgIpc) is 2.68. The summed E-state index contributed by atoms with van der Waals surface area (Å²) in [5.41, 5.74) is 1.63. The Kier molecular flexibility index (Phi) is 5.65. The zero-order valence-corrected chi connectivity index (χ0v) is 14.1. The number of nitro groups is 1. The van der Waals surface area contributed by atoms with Gasteiger partial charge in [-0.15, -0.1) is 0 Å². The van der Waals surface area contributed by atoms with Crippen LogP contribution in [0, 0.1) is 10.1 Å². The van der Waals surface area contributed by atoms with Gasteiger partial charge in [0.05, 0.1) is 29.5 Å². The van der Waals surface area contributed by atoms with Crippen molar-refractivity contribution in [2.45, 2.75) is 0 Å². The zero-order chi connectivity index (χ0) is 18.4. The number of hydrogen-bond acceptors (Lipinski definition) is 6. The number of ether oxygens (including phenoxy) is 2. The first-order valence-corrected chi connectivity index (χ1v) is 8.22. The number of non-ortho nitro benzene ring substituents is 1. The molecule has 1 heterocycles. The number of nitrogens with one attached hydrogen (secondary N) is 1. The number of rotatable bonds is 6. The Morgan fingerprint density at radius 2 is 1.85 bits per heavy atom. The molecule has 2 aromatic rings. The molecule has 1 aliphatic rings. The molecular formula is C18H19N3O5. The van der Waals surface area contributed by atoms with Crippen LogP contribution in [0.2, 0.25) is 0 Å². The second kappa shape index (κ2) is 8.30. The van der Waals surface area contributed by atoms with Crippen LogP contribution in [-0.2, 0) is 9.53 Å². The Bertz CT molecular complexity index is 773. The predicted octanol–water partition coefficient (Wildman–Crippen LogP) is 2.45. The molecule has 8 heteroatoms. The summed E-state index contributed by atoms with van der Waals surface area (Å²) in [5.74, 6) is 0.0938. The third-order valence-electron chi connectivity index (χ3n) is 3.95. The maximum atomic E-state index is 12.2. The molecule has 1 fully saturated rings. The van der Waals surface area contributed by atoms with Crippen LogP contribution >= 0.6 is 0 Å². The van der Waals surface area contributed by atoms with E-state index in [0.29, 0.717) is 24.7 Å². The number of carbonyl (C=O) groups is 1. The van der Waals surface area contributed by atoms with Gasteiger partial charge in [-0.2, -0.15) is 0 Å². The lowest BCUT2D eigenvalue weighted by Gasteiger charge is -2.30. The van der Waals surface area contributed by atoms with Gasteiger partial charge in [-0.1, -0.05) is 12.1 Å². The SMILES string of the molecule is O=C(COc1ccc([N+](=O)[O-])cc1)Nc1ccccc1N1CCOCC1. The Balaban J connectivity index is 1.59. The fourth-order valence-electron chi connectivity index (χ4n) is 2.66. The minimum atomic E-state index is -0.487. The number of morpholine rings is 1. The van der Waals surface area contributed by atoms with Crippen molar-refractivity contribution in [3.63, 3.8) is 0 Å². The average molecular weight is 357 g/mol. The van der Waals surface area contributed by atoms with E-state index >= 15 is 0 Å². The Hall–Kier alpha value is -3.13. The third-order valence-corrected chi connectivity index (χ3v) is 3.95. The van der Waals surface area contributed by atoms with Crippen LogP contribution in [0.1, 0.15) is 0 Å². The van der Waals surface area contributed by atoms with E-state index in [0.717, 1.165) is 18.8 Å². The van der Waals surface area contributed by atoms with Crippen molar-refractivity contribution in [1.82, 2.24) is 0 Å². The monoisotopic (exact) mass is 357 g/mol. The predicted molar refractivity (Wildman–Crippen MR) is 96.7 cm³/mol. The van der Waals surface area contributed by atoms with Gasteiger partial charge in [0.15, 0.2) is 6.61 Å². The van der Waals surface area contributed by atoms with Crippen molar-refractivity contribution in [2.24, 2.45) is 0 Å². The molecule has 1 saturated heterocycles. The van der Waals surface area contributed by atoms with Gasteiger partial charge in [0, 0.05) is 25.2 Å². The van der Waals surface area contributed by atoms with Gasteiger partial charge >= 0.3 is 0 Å². The van der Waals surface area contributed by atoms with Gasteiger partial charge in [0.2, 0.25) is 0 Å². The van der Waals surface area contributed by atoms with Gasteiger partial charge in [0.25, 0.3) is 11.6 Å². The smallest absolute Gasteiger partial charge is 0.269 e. The van der Waals surface area contributed by atoms with Gasteiger partial charge < -0.3 is 19.7 Å². The molecule has 1 aliphatic heterocycles. The van der Waals surface area contributed by atoms with E-state index < -0.39 is 4.92 Å². The van der Waals surface area contributed by atoms with E-state index in [1.807, 2.05) is 24.3 Å². The molecule has 3 rings (SSSR count). The fourth-order valence-corrected chi connectivity index (χ4v) is 2.66. The topological polar surface area (TPSA) is 93.9 Å². The van der Waals surface area contributed by atoms with Crippen molar-refractivity contribution < 1.29 is 19.2 Å². The van der Waals surface area contributed by atoms with Gasteiger partial charge in [-0.25, -0.2) is 0 Å². The first-order chi connectivity index (χ1) is 12.6. The number of hydrogen-bond donors (Lipinski definition) is 1. The first-order valence-electron chi connectivity index (χ1n) is 8.22. The van der Waals surface area contributed by atoms with Crippen molar-refractivity contribution in [2.75, 3.05) is 43.1 Å². The highest BCUT2D eigenvalue weighted by molar-refractivity contribution is 5.95. The molecule has 0 bridgehead atoms. The standard InChI is InChI=1S/C18H19N3O5/c22-18(13-26-15-7-5-14(6-8-15)21(23)24)19-16-3-1-2-4-17(16)20-9-11-25-12-10-20/h1-8H,9-13H2,(H,19,22). The third kappa shape index (κ3) is 4.48. The summed E-state index contributed by atoms with van der Waals surface area (Å²) in [6, 6.07) is 13.2. The molecule has 0 atom stereocenters. The molecule has 0 spiro atoms. The maximum absolute atomic E-state index is 12.2. The molecule has 136 valence electrons. The number of amides is 1. The Labute approximate surface area is 150 Å². The van der Waals surface area contributed by atoms with E-state index in [-0.39, 0.29) is 18.2 Å². The van der Waals surface area contributed by atoms with Crippen molar-refractivity contribution in [1.29, 1.82) is 0 Å². The molecule has 26 heavy (non-hydrogen) atoms. The lowest BCUT2D eigenvalue weighted by molar-refractivity contribution is -0.384. The summed E-state index contributed by atoms with van der Waals surface area (Å²) in [6.07, 6.45) is 0. The summed E-state index contributed by atoms with van der Waals surface area (Å²) in [6.45, 7) is 2.67. The summed E-state index contributed by atoms with van der Waals surface area (Å²) in [7, 11) is 0. The largest absolute Gasteiger partial charge is 0.484 e. The van der Waals surface area contributed by atoms with Gasteiger partial charge in [-0.05, 0) is 24.3 Å². The summed E-state index contributed by atoms with van der Waals surface area (Å²) < 4.78 is 10.8. The second-order valence-corrected chi connectivity index (χ2v) is 5.70. The van der Waals surface area contributed by atoms with Crippen molar-refractivity contribution >= 4 is 23.0 Å². The molecule has 1 amide bonds. The van der Waals surface area contributed by atoms with E-state index in [1.54, 1.807) is 0 Å². The molecule has 0 aliphatic carbocycles. The van der Waals surface area contributed by atoms with Crippen LogP contribution in [0.4, 0.5) is 17.1 Å².